The Hall–Kier alpha value is -2.66. The molecule has 0 unspecified atom stereocenters. The van der Waals surface area contributed by atoms with Crippen molar-refractivity contribution in [3.05, 3.63) is 65.1 Å². The van der Waals surface area contributed by atoms with Crippen LogP contribution in [0.1, 0.15) is 46.4 Å². The highest BCUT2D eigenvalue weighted by molar-refractivity contribution is 5.94. The number of nitrogens with zero attached hydrogens (tertiary/aromatic N) is 2. The first-order valence-electron chi connectivity index (χ1n) is 10.6. The van der Waals surface area contributed by atoms with Crippen LogP contribution in [0.2, 0.25) is 0 Å². The van der Waals surface area contributed by atoms with Crippen molar-refractivity contribution >= 4 is 16.8 Å². The number of likely N-dealkylation sites (tertiary alicyclic amines) is 1. The number of aryl methyl sites for hydroxylation is 2. The number of rotatable bonds is 4. The maximum absolute atomic E-state index is 12.7. The van der Waals surface area contributed by atoms with Crippen molar-refractivity contribution in [2.75, 3.05) is 6.54 Å². The third-order valence-corrected chi connectivity index (χ3v) is 6.89. The number of pyridine rings is 1. The fourth-order valence-corrected chi connectivity index (χ4v) is 5.38. The Labute approximate surface area is 171 Å². The number of carbonyl (C=O) groups is 1. The van der Waals surface area contributed by atoms with Crippen molar-refractivity contribution < 1.29 is 4.79 Å². The molecule has 2 aromatic heterocycles. The fourth-order valence-electron chi connectivity index (χ4n) is 5.38. The van der Waals surface area contributed by atoms with Crippen LogP contribution in [-0.2, 0) is 6.54 Å². The van der Waals surface area contributed by atoms with Gasteiger partial charge in [0.1, 0.15) is 0 Å². The van der Waals surface area contributed by atoms with Crippen LogP contribution in [0.4, 0.5) is 0 Å². The Morgan fingerprint density at radius 3 is 2.90 bits per heavy atom. The van der Waals surface area contributed by atoms with Crippen molar-refractivity contribution in [2.45, 2.75) is 51.7 Å². The van der Waals surface area contributed by atoms with Crippen LogP contribution in [0.5, 0.6) is 0 Å². The fraction of sp³-hybridized carbons (Fsp3) is 0.417. The average Bonchev–Trinajstić information content (AvgIpc) is 3.39. The number of para-hydroxylation sites is 1. The smallest absolute Gasteiger partial charge is 0.253 e. The van der Waals surface area contributed by atoms with Crippen molar-refractivity contribution in [2.24, 2.45) is 5.92 Å². The van der Waals surface area contributed by atoms with Gasteiger partial charge in [0.2, 0.25) is 0 Å². The van der Waals surface area contributed by atoms with E-state index in [9.17, 15) is 4.79 Å². The predicted molar refractivity (Wildman–Crippen MR) is 115 cm³/mol. The molecule has 1 aliphatic heterocycles. The summed E-state index contributed by atoms with van der Waals surface area (Å²) in [4.78, 5) is 23.1. The molecule has 3 atom stereocenters. The van der Waals surface area contributed by atoms with Gasteiger partial charge in [-0.2, -0.15) is 0 Å². The van der Waals surface area contributed by atoms with Crippen molar-refractivity contribution in [3.63, 3.8) is 0 Å². The number of H-pyrrole nitrogens is 1. The molecule has 2 aliphatic rings. The highest BCUT2D eigenvalue weighted by Gasteiger charge is 2.44. The third-order valence-electron chi connectivity index (χ3n) is 6.89. The summed E-state index contributed by atoms with van der Waals surface area (Å²) in [6.45, 7) is 6.25. The third kappa shape index (κ3) is 3.33. The summed E-state index contributed by atoms with van der Waals surface area (Å²) in [6.07, 6.45) is 6.81. The number of amides is 1. The Balaban J connectivity index is 1.27. The molecule has 29 heavy (non-hydrogen) atoms. The highest BCUT2D eigenvalue weighted by atomic mass is 16.1. The molecule has 1 saturated carbocycles. The maximum atomic E-state index is 12.7. The quantitative estimate of drug-likeness (QED) is 0.711. The summed E-state index contributed by atoms with van der Waals surface area (Å²) in [7, 11) is 0. The minimum atomic E-state index is 0.0109. The molecular weight excluding hydrogens is 360 g/mol. The van der Waals surface area contributed by atoms with Crippen LogP contribution >= 0.6 is 0 Å². The molecule has 5 nitrogen and oxygen atoms in total. The summed E-state index contributed by atoms with van der Waals surface area (Å²) < 4.78 is 0. The lowest BCUT2D eigenvalue weighted by Crippen LogP contribution is -2.39. The predicted octanol–water partition coefficient (Wildman–Crippen LogP) is 3.96. The van der Waals surface area contributed by atoms with Crippen LogP contribution in [0.15, 0.2) is 42.7 Å². The number of nitrogens with one attached hydrogen (secondary N) is 2. The minimum Gasteiger partial charge on any atom is -0.357 e. The van der Waals surface area contributed by atoms with E-state index in [1.54, 1.807) is 12.4 Å². The number of hydrogen-bond donors (Lipinski definition) is 2. The lowest BCUT2D eigenvalue weighted by atomic mass is 9.99. The van der Waals surface area contributed by atoms with E-state index in [-0.39, 0.29) is 11.9 Å². The van der Waals surface area contributed by atoms with E-state index in [1.165, 1.54) is 22.2 Å². The van der Waals surface area contributed by atoms with E-state index in [0.717, 1.165) is 37.9 Å². The molecule has 5 rings (SSSR count). The second-order valence-electron chi connectivity index (χ2n) is 8.67. The molecule has 0 radical (unpaired) electrons. The number of fused-ring (bicyclic) bond motifs is 2. The summed E-state index contributed by atoms with van der Waals surface area (Å²) in [5, 5.41) is 4.62. The van der Waals surface area contributed by atoms with E-state index in [0.29, 0.717) is 17.5 Å². The largest absolute Gasteiger partial charge is 0.357 e. The van der Waals surface area contributed by atoms with Crippen LogP contribution in [0.25, 0.3) is 10.9 Å². The number of benzene rings is 1. The molecule has 150 valence electrons. The number of hydrogen-bond acceptors (Lipinski definition) is 3. The monoisotopic (exact) mass is 388 g/mol. The summed E-state index contributed by atoms with van der Waals surface area (Å²) in [5.41, 5.74) is 5.59. The van der Waals surface area contributed by atoms with Crippen LogP contribution in [-0.4, -0.2) is 39.4 Å². The van der Waals surface area contributed by atoms with Gasteiger partial charge in [-0.3, -0.25) is 14.7 Å². The lowest BCUT2D eigenvalue weighted by Gasteiger charge is -2.24. The zero-order valence-electron chi connectivity index (χ0n) is 17.1. The molecule has 3 heterocycles. The van der Waals surface area contributed by atoms with Crippen LogP contribution < -0.4 is 5.32 Å². The molecule has 2 fully saturated rings. The molecule has 1 amide bonds. The molecule has 0 bridgehead atoms. The van der Waals surface area contributed by atoms with Gasteiger partial charge in [0.15, 0.2) is 0 Å². The Morgan fingerprint density at radius 1 is 1.21 bits per heavy atom. The Bertz CT molecular complexity index is 1060. The van der Waals surface area contributed by atoms with Crippen LogP contribution in [0.3, 0.4) is 0 Å². The minimum absolute atomic E-state index is 0.0109. The Morgan fingerprint density at radius 2 is 2.07 bits per heavy atom. The standard InChI is InChI=1S/C24H28N4O/c1-15-11-17(13-25-12-15)24(29)27-21-7-8-23-19(21)9-10-28(23)14-22-16(2)18-5-3-4-6-20(18)26-22/h3-6,11-13,19,21,23,26H,7-10,14H2,1-2H3,(H,27,29)/t19-,21-,23+/m0/s1. The van der Waals surface area contributed by atoms with Gasteiger partial charge in [0.25, 0.3) is 5.91 Å². The van der Waals surface area contributed by atoms with Gasteiger partial charge in [-0.15, -0.1) is 0 Å². The first-order chi connectivity index (χ1) is 14.1. The highest BCUT2D eigenvalue weighted by Crippen LogP contribution is 2.39. The molecule has 5 heteroatoms. The van der Waals surface area contributed by atoms with E-state index < -0.39 is 0 Å². The molecular formula is C24H28N4O. The van der Waals surface area contributed by atoms with E-state index in [4.69, 9.17) is 0 Å². The van der Waals surface area contributed by atoms with Gasteiger partial charge in [0.05, 0.1) is 5.56 Å². The second-order valence-corrected chi connectivity index (χ2v) is 8.67. The molecule has 3 aromatic rings. The van der Waals surface area contributed by atoms with Crippen molar-refractivity contribution in [1.29, 1.82) is 0 Å². The lowest BCUT2D eigenvalue weighted by molar-refractivity contribution is 0.0926. The number of aromatic amines is 1. The zero-order chi connectivity index (χ0) is 20.0. The number of aromatic nitrogens is 2. The summed E-state index contributed by atoms with van der Waals surface area (Å²) in [5.74, 6) is 0.554. The first-order valence-corrected chi connectivity index (χ1v) is 10.6. The molecule has 1 saturated heterocycles. The molecule has 1 aliphatic carbocycles. The van der Waals surface area contributed by atoms with Gasteiger partial charge in [-0.1, -0.05) is 18.2 Å². The van der Waals surface area contributed by atoms with Gasteiger partial charge in [-0.05, 0) is 68.8 Å². The maximum Gasteiger partial charge on any atom is 0.253 e. The van der Waals surface area contributed by atoms with Crippen LogP contribution in [0, 0.1) is 19.8 Å². The normalized spacial score (nSPS) is 24.1. The van der Waals surface area contributed by atoms with E-state index >= 15 is 0 Å². The second kappa shape index (κ2) is 7.30. The van der Waals surface area contributed by atoms with Gasteiger partial charge in [0, 0.05) is 47.6 Å². The van der Waals surface area contributed by atoms with E-state index in [2.05, 4.69) is 51.4 Å². The first kappa shape index (κ1) is 18.4. The zero-order valence-corrected chi connectivity index (χ0v) is 17.1. The van der Waals surface area contributed by atoms with Gasteiger partial charge in [-0.25, -0.2) is 0 Å². The number of carbonyl (C=O) groups excluding carboxylic acids is 1. The van der Waals surface area contributed by atoms with Gasteiger partial charge >= 0.3 is 0 Å². The van der Waals surface area contributed by atoms with Crippen molar-refractivity contribution in [3.8, 4) is 0 Å². The van der Waals surface area contributed by atoms with Gasteiger partial charge < -0.3 is 10.3 Å². The molecule has 0 spiro atoms. The SMILES string of the molecule is Cc1cncc(C(=O)N[C@H]2CC[C@@H]3[C@H]2CCN3Cc2[nH]c3ccccc3c2C)c1. The summed E-state index contributed by atoms with van der Waals surface area (Å²) >= 11 is 0. The Kier molecular flexibility index (Phi) is 4.63. The molecule has 1 aromatic carbocycles. The van der Waals surface area contributed by atoms with E-state index in [1.807, 2.05) is 13.0 Å². The van der Waals surface area contributed by atoms with Crippen molar-refractivity contribution in [1.82, 2.24) is 20.2 Å². The topological polar surface area (TPSA) is 61.0 Å². The summed E-state index contributed by atoms with van der Waals surface area (Å²) in [6, 6.07) is 11.3. The molecule has 2 N–H and O–H groups in total. The average molecular weight is 389 g/mol.